The monoisotopic (exact) mass is 436 g/mol. The Balaban J connectivity index is 1.29. The minimum absolute atomic E-state index is 0.100. The molecule has 8 heteroatoms. The molecule has 0 saturated heterocycles. The van der Waals surface area contributed by atoms with Gasteiger partial charge >= 0.3 is 6.03 Å². The lowest BCUT2D eigenvalue weighted by molar-refractivity contribution is 0.231. The predicted octanol–water partition coefficient (Wildman–Crippen LogP) is 4.06. The maximum Gasteiger partial charge on any atom is 0.315 e. The molecular weight excluding hydrogens is 407 g/mol. The van der Waals surface area contributed by atoms with Crippen LogP contribution in [0.4, 0.5) is 21.0 Å². The number of urea groups is 1. The molecule has 1 fully saturated rings. The number of rotatable bonds is 6. The standard InChI is InChI=1S/C24H29FN6O/c1-31(2)22-19-8-4-6-10-21(19)29-23(30-22)27-17-11-13-18(14-12-17)28-24(32)26-15-16-7-3-5-9-20(16)25/h3-10,17-18H,11-15H2,1-2H3,(H2,26,28,32)(H,27,29,30)/t17-,18+. The first kappa shape index (κ1) is 21.8. The average Bonchev–Trinajstić information content (AvgIpc) is 2.79. The number of aromatic nitrogens is 2. The minimum Gasteiger partial charge on any atom is -0.362 e. The SMILES string of the molecule is CN(C)c1nc(N[C@H]2CC[C@@H](NC(=O)NCc3ccccc3F)CC2)nc2ccccc12. The van der Waals surface area contributed by atoms with Crippen molar-refractivity contribution >= 4 is 28.7 Å². The number of benzene rings is 2. The van der Waals surface area contributed by atoms with Crippen molar-refractivity contribution < 1.29 is 9.18 Å². The van der Waals surface area contributed by atoms with Gasteiger partial charge in [-0.2, -0.15) is 4.98 Å². The van der Waals surface area contributed by atoms with Crippen molar-refractivity contribution in [3.63, 3.8) is 0 Å². The van der Waals surface area contributed by atoms with E-state index in [4.69, 9.17) is 4.98 Å². The van der Waals surface area contributed by atoms with Crippen molar-refractivity contribution in [1.82, 2.24) is 20.6 Å². The smallest absolute Gasteiger partial charge is 0.315 e. The van der Waals surface area contributed by atoms with E-state index in [0.29, 0.717) is 11.5 Å². The summed E-state index contributed by atoms with van der Waals surface area (Å²) in [5.74, 6) is 1.21. The molecule has 1 heterocycles. The zero-order valence-electron chi connectivity index (χ0n) is 18.4. The molecule has 7 nitrogen and oxygen atoms in total. The molecule has 1 aromatic heterocycles. The van der Waals surface area contributed by atoms with E-state index in [1.807, 2.05) is 43.3 Å². The second-order valence-corrected chi connectivity index (χ2v) is 8.39. The molecule has 1 aliphatic carbocycles. The molecule has 0 atom stereocenters. The number of nitrogens with zero attached hydrogens (tertiary/aromatic N) is 3. The van der Waals surface area contributed by atoms with Crippen molar-refractivity contribution in [1.29, 1.82) is 0 Å². The normalized spacial score (nSPS) is 18.2. The average molecular weight is 437 g/mol. The zero-order chi connectivity index (χ0) is 22.5. The van der Waals surface area contributed by atoms with Crippen molar-refractivity contribution in [2.24, 2.45) is 0 Å². The van der Waals surface area contributed by atoms with Crippen LogP contribution in [0.2, 0.25) is 0 Å². The van der Waals surface area contributed by atoms with Gasteiger partial charge in [0, 0.05) is 43.7 Å². The third-order valence-corrected chi connectivity index (χ3v) is 5.80. The molecule has 32 heavy (non-hydrogen) atoms. The van der Waals surface area contributed by atoms with E-state index in [1.54, 1.807) is 18.2 Å². The van der Waals surface area contributed by atoms with Gasteiger partial charge in [0.2, 0.25) is 5.95 Å². The van der Waals surface area contributed by atoms with E-state index >= 15 is 0 Å². The lowest BCUT2D eigenvalue weighted by Gasteiger charge is -2.30. The van der Waals surface area contributed by atoms with E-state index in [-0.39, 0.29) is 30.5 Å². The first-order valence-electron chi connectivity index (χ1n) is 11.0. The van der Waals surface area contributed by atoms with Crippen LogP contribution in [0.15, 0.2) is 48.5 Å². The van der Waals surface area contributed by atoms with Crippen molar-refractivity contribution in [2.45, 2.75) is 44.3 Å². The quantitative estimate of drug-likeness (QED) is 0.543. The Morgan fingerprint density at radius 3 is 2.44 bits per heavy atom. The number of para-hydroxylation sites is 1. The van der Waals surface area contributed by atoms with Gasteiger partial charge in [-0.05, 0) is 43.9 Å². The van der Waals surface area contributed by atoms with Crippen LogP contribution in [0.5, 0.6) is 0 Å². The summed E-state index contributed by atoms with van der Waals surface area (Å²) in [7, 11) is 3.96. The molecule has 3 N–H and O–H groups in total. The van der Waals surface area contributed by atoms with Crippen LogP contribution in [0, 0.1) is 5.82 Å². The van der Waals surface area contributed by atoms with Gasteiger partial charge in [0.25, 0.3) is 0 Å². The third kappa shape index (κ3) is 5.25. The maximum absolute atomic E-state index is 13.7. The number of nitrogens with one attached hydrogen (secondary N) is 3. The molecule has 2 amide bonds. The van der Waals surface area contributed by atoms with Gasteiger partial charge in [0.1, 0.15) is 11.6 Å². The second kappa shape index (κ2) is 9.80. The molecule has 168 valence electrons. The van der Waals surface area contributed by atoms with E-state index < -0.39 is 0 Å². The molecule has 3 aromatic rings. The lowest BCUT2D eigenvalue weighted by Crippen LogP contribution is -2.44. The molecule has 4 rings (SSSR count). The van der Waals surface area contributed by atoms with Crippen LogP contribution < -0.4 is 20.9 Å². The molecule has 0 spiro atoms. The Labute approximate surface area is 187 Å². The van der Waals surface area contributed by atoms with Gasteiger partial charge < -0.3 is 20.9 Å². The number of halogens is 1. The molecule has 1 aliphatic rings. The summed E-state index contributed by atoms with van der Waals surface area (Å²) in [5, 5.41) is 10.2. The first-order chi connectivity index (χ1) is 15.5. The van der Waals surface area contributed by atoms with Gasteiger partial charge in [-0.3, -0.25) is 0 Å². The maximum atomic E-state index is 13.7. The highest BCUT2D eigenvalue weighted by Crippen LogP contribution is 2.26. The van der Waals surface area contributed by atoms with E-state index in [2.05, 4.69) is 20.9 Å². The van der Waals surface area contributed by atoms with Gasteiger partial charge in [-0.15, -0.1) is 0 Å². The Kier molecular flexibility index (Phi) is 6.68. The summed E-state index contributed by atoms with van der Waals surface area (Å²) in [6.45, 7) is 0.170. The number of hydrogen-bond acceptors (Lipinski definition) is 5. The highest BCUT2D eigenvalue weighted by Gasteiger charge is 2.23. The first-order valence-corrected chi connectivity index (χ1v) is 11.0. The molecule has 0 radical (unpaired) electrons. The fourth-order valence-corrected chi connectivity index (χ4v) is 4.08. The fourth-order valence-electron chi connectivity index (χ4n) is 4.08. The van der Waals surface area contributed by atoms with Crippen molar-refractivity contribution in [3.05, 3.63) is 59.9 Å². The Hall–Kier alpha value is -3.42. The molecule has 2 aromatic carbocycles. The zero-order valence-corrected chi connectivity index (χ0v) is 18.4. The second-order valence-electron chi connectivity index (χ2n) is 8.39. The predicted molar refractivity (Wildman–Crippen MR) is 125 cm³/mol. The van der Waals surface area contributed by atoms with Gasteiger partial charge in [-0.25, -0.2) is 14.2 Å². The fraction of sp³-hybridized carbons (Fsp3) is 0.375. The number of fused-ring (bicyclic) bond motifs is 1. The summed E-state index contributed by atoms with van der Waals surface area (Å²) >= 11 is 0. The highest BCUT2D eigenvalue weighted by atomic mass is 19.1. The third-order valence-electron chi connectivity index (χ3n) is 5.80. The number of hydrogen-bond donors (Lipinski definition) is 3. The summed E-state index contributed by atoms with van der Waals surface area (Å²) in [5.41, 5.74) is 1.39. The summed E-state index contributed by atoms with van der Waals surface area (Å²) in [6.07, 6.45) is 3.54. The summed E-state index contributed by atoms with van der Waals surface area (Å²) in [4.78, 5) is 23.6. The number of carbonyl (C=O) groups is 1. The molecule has 0 bridgehead atoms. The van der Waals surface area contributed by atoms with Gasteiger partial charge in [-0.1, -0.05) is 30.3 Å². The van der Waals surface area contributed by atoms with Gasteiger partial charge in [0.15, 0.2) is 0 Å². The van der Waals surface area contributed by atoms with E-state index in [0.717, 1.165) is 42.4 Å². The van der Waals surface area contributed by atoms with Crippen LogP contribution in [-0.4, -0.2) is 42.2 Å². The highest BCUT2D eigenvalue weighted by molar-refractivity contribution is 5.90. The topological polar surface area (TPSA) is 82.2 Å². The van der Waals surface area contributed by atoms with Crippen LogP contribution in [0.1, 0.15) is 31.2 Å². The summed E-state index contributed by atoms with van der Waals surface area (Å²) < 4.78 is 13.7. The Morgan fingerprint density at radius 1 is 1.00 bits per heavy atom. The van der Waals surface area contributed by atoms with Crippen LogP contribution in [-0.2, 0) is 6.54 Å². The number of carbonyl (C=O) groups excluding carboxylic acids is 1. The van der Waals surface area contributed by atoms with Gasteiger partial charge in [0.05, 0.1) is 5.52 Å². The number of amides is 2. The van der Waals surface area contributed by atoms with E-state index in [1.165, 1.54) is 6.07 Å². The van der Waals surface area contributed by atoms with Crippen LogP contribution in [0.3, 0.4) is 0 Å². The van der Waals surface area contributed by atoms with Crippen LogP contribution >= 0.6 is 0 Å². The Morgan fingerprint density at radius 2 is 1.69 bits per heavy atom. The molecule has 0 aliphatic heterocycles. The van der Waals surface area contributed by atoms with Crippen LogP contribution in [0.25, 0.3) is 10.9 Å². The van der Waals surface area contributed by atoms with Crippen molar-refractivity contribution in [3.8, 4) is 0 Å². The largest absolute Gasteiger partial charge is 0.362 e. The molecular formula is C24H29FN6O. The Bertz CT molecular complexity index is 1080. The minimum atomic E-state index is -0.312. The lowest BCUT2D eigenvalue weighted by atomic mass is 9.91. The molecule has 0 unspecified atom stereocenters. The number of anilines is 2. The summed E-state index contributed by atoms with van der Waals surface area (Å²) in [6, 6.07) is 14.5. The van der Waals surface area contributed by atoms with Crippen molar-refractivity contribution in [2.75, 3.05) is 24.3 Å². The van der Waals surface area contributed by atoms with E-state index in [9.17, 15) is 9.18 Å². The molecule has 1 saturated carbocycles.